The van der Waals surface area contributed by atoms with Crippen molar-refractivity contribution in [3.63, 3.8) is 0 Å². The van der Waals surface area contributed by atoms with Crippen molar-refractivity contribution in [2.75, 3.05) is 13.2 Å². The fourth-order valence-electron chi connectivity index (χ4n) is 2.49. The minimum absolute atomic E-state index is 0.0801. The van der Waals surface area contributed by atoms with Crippen LogP contribution < -0.4 is 5.32 Å². The molecule has 2 rings (SSSR count). The molecule has 24 heavy (non-hydrogen) atoms. The lowest BCUT2D eigenvalue weighted by molar-refractivity contribution is -0.149. The Balaban J connectivity index is 2.12. The first-order chi connectivity index (χ1) is 11.4. The quantitative estimate of drug-likeness (QED) is 0.591. The molecule has 0 fully saturated rings. The molecule has 0 radical (unpaired) electrons. The van der Waals surface area contributed by atoms with E-state index in [1.807, 2.05) is 38.1 Å². The average Bonchev–Trinajstić information content (AvgIpc) is 2.51. The Bertz CT molecular complexity index is 628. The van der Waals surface area contributed by atoms with Crippen molar-refractivity contribution in [3.8, 4) is 0 Å². The molecule has 0 aliphatic carbocycles. The molecule has 1 aromatic rings. The summed E-state index contributed by atoms with van der Waals surface area (Å²) in [6, 6.07) is 6.49. The van der Waals surface area contributed by atoms with Crippen LogP contribution in [-0.4, -0.2) is 37.0 Å². The molecule has 2 unspecified atom stereocenters. The Morgan fingerprint density at radius 3 is 2.58 bits per heavy atom. The molecule has 6 nitrogen and oxygen atoms in total. The number of halogens is 1. The van der Waals surface area contributed by atoms with Crippen molar-refractivity contribution in [2.45, 2.75) is 32.9 Å². The van der Waals surface area contributed by atoms with Crippen LogP contribution in [0, 0.1) is 5.92 Å². The van der Waals surface area contributed by atoms with Crippen molar-refractivity contribution in [1.82, 2.24) is 5.32 Å². The summed E-state index contributed by atoms with van der Waals surface area (Å²) < 4.78 is 11.6. The largest absolute Gasteiger partial charge is 0.463 e. The molecule has 0 spiro atoms. The second kappa shape index (κ2) is 8.39. The average molecular weight is 397 g/mol. The van der Waals surface area contributed by atoms with E-state index in [9.17, 15) is 9.59 Å². The first-order valence-electron chi connectivity index (χ1n) is 7.78. The first-order valence-corrected chi connectivity index (χ1v) is 8.57. The fraction of sp³-hybridized carbons (Fsp3) is 0.471. The molecule has 7 heteroatoms. The number of benzene rings is 1. The van der Waals surface area contributed by atoms with Gasteiger partial charge in [-0.05, 0) is 38.5 Å². The number of hydrogen-bond acceptors (Lipinski definition) is 4. The van der Waals surface area contributed by atoms with E-state index >= 15 is 0 Å². The monoisotopic (exact) mass is 396 g/mol. The van der Waals surface area contributed by atoms with Gasteiger partial charge in [-0.15, -0.1) is 0 Å². The number of hydrogen-bond donors (Lipinski definition) is 1. The summed E-state index contributed by atoms with van der Waals surface area (Å²) in [5.41, 5.74) is 1.27. The third-order valence-electron chi connectivity index (χ3n) is 3.60. The highest BCUT2D eigenvalue weighted by atomic mass is 79.9. The maximum Gasteiger partial charge on any atom is 0.341 e. The lowest BCUT2D eigenvalue weighted by atomic mass is 9.88. The van der Waals surface area contributed by atoms with Gasteiger partial charge >= 0.3 is 12.0 Å². The van der Waals surface area contributed by atoms with Crippen LogP contribution in [0.5, 0.6) is 0 Å². The Kier molecular flexibility index (Phi) is 6.51. The number of aliphatic imine (C=N–C) groups is 1. The summed E-state index contributed by atoms with van der Waals surface area (Å²) >= 11 is 3.37. The van der Waals surface area contributed by atoms with Crippen LogP contribution in [0.15, 0.2) is 33.7 Å². The summed E-state index contributed by atoms with van der Waals surface area (Å²) in [5, 5.41) is 2.75. The van der Waals surface area contributed by atoms with Gasteiger partial charge in [-0.3, -0.25) is 4.79 Å². The molecular formula is C17H21BrN2O4. The molecule has 130 valence electrons. The van der Waals surface area contributed by atoms with Gasteiger partial charge in [0.05, 0.1) is 18.8 Å². The smallest absolute Gasteiger partial charge is 0.341 e. The second-order valence-corrected chi connectivity index (χ2v) is 6.71. The number of nitrogens with zero attached hydrogens (tertiary/aromatic N) is 1. The summed E-state index contributed by atoms with van der Waals surface area (Å²) in [4.78, 5) is 28.1. The molecule has 1 aromatic carbocycles. The Morgan fingerprint density at radius 1 is 1.29 bits per heavy atom. The Labute approximate surface area is 149 Å². The van der Waals surface area contributed by atoms with E-state index in [1.165, 1.54) is 0 Å². The van der Waals surface area contributed by atoms with Crippen molar-refractivity contribution >= 4 is 33.6 Å². The van der Waals surface area contributed by atoms with E-state index in [4.69, 9.17) is 9.47 Å². The molecule has 0 saturated carbocycles. The molecular weight excluding hydrogens is 376 g/mol. The predicted octanol–water partition coefficient (Wildman–Crippen LogP) is 3.26. The number of ether oxygens (including phenoxy) is 2. The molecule has 1 aliphatic heterocycles. The van der Waals surface area contributed by atoms with Gasteiger partial charge in [0, 0.05) is 10.2 Å². The highest BCUT2D eigenvalue weighted by Gasteiger charge is 2.37. The minimum atomic E-state index is -0.650. The number of nitrogens with one attached hydrogen (secondary N) is 1. The summed E-state index contributed by atoms with van der Waals surface area (Å²) in [6.45, 7) is 6.00. The number of rotatable bonds is 6. The molecule has 2 atom stereocenters. The maximum absolute atomic E-state index is 12.5. The van der Waals surface area contributed by atoms with Gasteiger partial charge in [0.15, 0.2) is 0 Å². The highest BCUT2D eigenvalue weighted by molar-refractivity contribution is 9.10. The SMILES string of the molecule is CC1=NC(=O)NC(c2ccc(Br)cc2)C1C(=O)OCCOC(C)C. The Hall–Kier alpha value is -1.73. The third kappa shape index (κ3) is 4.88. The summed E-state index contributed by atoms with van der Waals surface area (Å²) in [5.74, 6) is -1.07. The highest BCUT2D eigenvalue weighted by Crippen LogP contribution is 2.28. The van der Waals surface area contributed by atoms with Gasteiger partial charge in [-0.2, -0.15) is 0 Å². The Morgan fingerprint density at radius 2 is 1.96 bits per heavy atom. The molecule has 1 N–H and O–H groups in total. The number of esters is 1. The van der Waals surface area contributed by atoms with Gasteiger partial charge in [-0.1, -0.05) is 28.1 Å². The van der Waals surface area contributed by atoms with Gasteiger partial charge in [0.1, 0.15) is 12.5 Å². The number of carbonyl (C=O) groups is 2. The summed E-state index contributed by atoms with van der Waals surface area (Å²) in [6.07, 6.45) is 0.0801. The van der Waals surface area contributed by atoms with Gasteiger partial charge in [0.2, 0.25) is 0 Å². The molecule has 1 aliphatic rings. The lowest BCUT2D eigenvalue weighted by Gasteiger charge is -2.29. The van der Waals surface area contributed by atoms with Crippen LogP contribution in [0.3, 0.4) is 0 Å². The van der Waals surface area contributed by atoms with E-state index in [2.05, 4.69) is 26.2 Å². The second-order valence-electron chi connectivity index (χ2n) is 5.80. The van der Waals surface area contributed by atoms with Gasteiger partial charge in [0.25, 0.3) is 0 Å². The van der Waals surface area contributed by atoms with Crippen LogP contribution in [0.2, 0.25) is 0 Å². The molecule has 2 amide bonds. The van der Waals surface area contributed by atoms with Crippen LogP contribution in [0.4, 0.5) is 4.79 Å². The normalized spacial score (nSPS) is 20.5. The lowest BCUT2D eigenvalue weighted by Crippen LogP contribution is -2.44. The van der Waals surface area contributed by atoms with Crippen LogP contribution in [0.25, 0.3) is 0 Å². The van der Waals surface area contributed by atoms with Crippen LogP contribution in [0.1, 0.15) is 32.4 Å². The predicted molar refractivity (Wildman–Crippen MR) is 94.1 cm³/mol. The number of amides is 2. The van der Waals surface area contributed by atoms with Crippen molar-refractivity contribution in [1.29, 1.82) is 0 Å². The molecule has 0 aromatic heterocycles. The summed E-state index contributed by atoms with van der Waals surface area (Å²) in [7, 11) is 0. The zero-order chi connectivity index (χ0) is 17.7. The van der Waals surface area contributed by atoms with E-state index in [-0.39, 0.29) is 12.7 Å². The van der Waals surface area contributed by atoms with E-state index < -0.39 is 24.0 Å². The van der Waals surface area contributed by atoms with Crippen molar-refractivity contribution in [2.24, 2.45) is 10.9 Å². The van der Waals surface area contributed by atoms with Crippen LogP contribution in [-0.2, 0) is 14.3 Å². The third-order valence-corrected chi connectivity index (χ3v) is 4.13. The zero-order valence-corrected chi connectivity index (χ0v) is 15.5. The van der Waals surface area contributed by atoms with Crippen LogP contribution >= 0.6 is 15.9 Å². The van der Waals surface area contributed by atoms with Gasteiger partial charge < -0.3 is 14.8 Å². The molecule has 0 saturated heterocycles. The molecule has 1 heterocycles. The van der Waals surface area contributed by atoms with E-state index in [1.54, 1.807) is 6.92 Å². The number of urea groups is 1. The van der Waals surface area contributed by atoms with Crippen molar-refractivity contribution < 1.29 is 19.1 Å². The van der Waals surface area contributed by atoms with Crippen molar-refractivity contribution in [3.05, 3.63) is 34.3 Å². The topological polar surface area (TPSA) is 77.0 Å². The van der Waals surface area contributed by atoms with E-state index in [0.29, 0.717) is 12.3 Å². The first kappa shape index (κ1) is 18.6. The standard InChI is InChI=1S/C17H21BrN2O4/c1-10(2)23-8-9-24-16(21)14-11(3)19-17(22)20-15(14)12-4-6-13(18)7-5-12/h4-7,10,14-15H,8-9H2,1-3H3,(H,20,22). The zero-order valence-electron chi connectivity index (χ0n) is 13.9. The minimum Gasteiger partial charge on any atom is -0.463 e. The molecule has 0 bridgehead atoms. The van der Waals surface area contributed by atoms with E-state index in [0.717, 1.165) is 10.0 Å². The maximum atomic E-state index is 12.5. The fourth-order valence-corrected chi connectivity index (χ4v) is 2.75. The number of carbonyl (C=O) groups excluding carboxylic acids is 2. The van der Waals surface area contributed by atoms with Gasteiger partial charge in [-0.25, -0.2) is 9.79 Å².